The van der Waals surface area contributed by atoms with E-state index in [1.807, 2.05) is 29.2 Å². The summed E-state index contributed by atoms with van der Waals surface area (Å²) in [5.41, 5.74) is 1.85. The molecular formula is C35H33Cl3N4O5. The maximum atomic E-state index is 14.0. The highest BCUT2D eigenvalue weighted by atomic mass is 35.5. The fourth-order valence-corrected chi connectivity index (χ4v) is 6.82. The Kier molecular flexibility index (Phi) is 10.1. The number of rotatable bonds is 7. The molecular weight excluding hydrogens is 663 g/mol. The van der Waals surface area contributed by atoms with Gasteiger partial charge in [0.1, 0.15) is 6.04 Å². The summed E-state index contributed by atoms with van der Waals surface area (Å²) in [7, 11) is 0. The lowest BCUT2D eigenvalue weighted by atomic mass is 10.0. The van der Waals surface area contributed by atoms with Crippen LogP contribution in [0.3, 0.4) is 0 Å². The third kappa shape index (κ3) is 7.43. The van der Waals surface area contributed by atoms with Gasteiger partial charge in [-0.2, -0.15) is 0 Å². The van der Waals surface area contributed by atoms with Gasteiger partial charge in [-0.1, -0.05) is 59.1 Å². The van der Waals surface area contributed by atoms with Crippen LogP contribution in [0.1, 0.15) is 45.7 Å². The van der Waals surface area contributed by atoms with E-state index < -0.39 is 17.4 Å². The highest BCUT2D eigenvalue weighted by Crippen LogP contribution is 2.28. The van der Waals surface area contributed by atoms with Gasteiger partial charge in [-0.05, 0) is 61.2 Å². The molecule has 1 atom stereocenters. The Balaban J connectivity index is 1.20. The molecule has 3 heterocycles. The molecule has 4 aromatic rings. The highest BCUT2D eigenvalue weighted by Gasteiger charge is 2.31. The minimum atomic E-state index is -0.968. The molecule has 2 saturated heterocycles. The zero-order valence-electron chi connectivity index (χ0n) is 25.5. The average Bonchev–Trinajstić information content (AvgIpc) is 3.09. The quantitative estimate of drug-likeness (QED) is 0.252. The van der Waals surface area contributed by atoms with Gasteiger partial charge in [-0.3, -0.25) is 19.2 Å². The van der Waals surface area contributed by atoms with E-state index in [4.69, 9.17) is 39.2 Å². The summed E-state index contributed by atoms with van der Waals surface area (Å²) < 4.78 is 5.74. The molecule has 0 saturated carbocycles. The molecule has 1 aromatic heterocycles. The molecule has 3 amide bonds. The molecule has 9 nitrogen and oxygen atoms in total. The SMILES string of the molecule is O=C(N[C@H](Cc1ccc(Cl)cc1)C(=O)N1CCN(c2ccccc2C(=O)N2CCCCC2)CC1)c1cc(=O)c2cc(Cl)cc(Cl)c2o1. The van der Waals surface area contributed by atoms with Crippen molar-refractivity contribution in [2.75, 3.05) is 44.2 Å². The van der Waals surface area contributed by atoms with Crippen molar-refractivity contribution in [3.63, 3.8) is 0 Å². The van der Waals surface area contributed by atoms with Gasteiger partial charge in [0, 0.05) is 67.5 Å². The average molecular weight is 696 g/mol. The van der Waals surface area contributed by atoms with Crippen LogP contribution in [0.2, 0.25) is 15.1 Å². The number of para-hydroxylation sites is 1. The molecule has 0 aliphatic carbocycles. The fourth-order valence-electron chi connectivity index (χ4n) is 6.17. The Labute approximate surface area is 287 Å². The first-order valence-corrected chi connectivity index (χ1v) is 16.7. The standard InChI is InChI=1S/C35H33Cl3N4O5/c36-23-10-8-22(9-11-23)18-28(39-33(44)31-21-30(43)26-19-24(37)20-27(38)32(26)47-31)35(46)42-16-14-40(15-17-42)29-7-3-2-6-25(29)34(45)41-12-4-1-5-13-41/h2-3,6-11,19-21,28H,1,4-5,12-18H2,(H,39,44)/t28-/m1/s1. The summed E-state index contributed by atoms with van der Waals surface area (Å²) in [5.74, 6) is -1.25. The van der Waals surface area contributed by atoms with Crippen molar-refractivity contribution in [1.29, 1.82) is 0 Å². The second kappa shape index (κ2) is 14.4. The largest absolute Gasteiger partial charge is 0.449 e. The Hall–Kier alpha value is -4.05. The molecule has 0 unspecified atom stereocenters. The minimum Gasteiger partial charge on any atom is -0.449 e. The topological polar surface area (TPSA) is 103 Å². The predicted molar refractivity (Wildman–Crippen MR) is 184 cm³/mol. The maximum absolute atomic E-state index is 14.0. The van der Waals surface area contributed by atoms with Crippen LogP contribution in [0.15, 0.2) is 75.9 Å². The van der Waals surface area contributed by atoms with Gasteiger partial charge in [0.25, 0.3) is 11.8 Å². The number of hydrogen-bond donors (Lipinski definition) is 1. The lowest BCUT2D eigenvalue weighted by Gasteiger charge is -2.38. The first-order chi connectivity index (χ1) is 22.7. The zero-order chi connectivity index (χ0) is 33.1. The van der Waals surface area contributed by atoms with Crippen LogP contribution in [0.4, 0.5) is 5.69 Å². The lowest BCUT2D eigenvalue weighted by Crippen LogP contribution is -2.56. The zero-order valence-corrected chi connectivity index (χ0v) is 27.8. The molecule has 0 bridgehead atoms. The highest BCUT2D eigenvalue weighted by molar-refractivity contribution is 6.38. The normalized spacial score (nSPS) is 15.9. The van der Waals surface area contributed by atoms with Crippen LogP contribution in [-0.2, 0) is 11.2 Å². The van der Waals surface area contributed by atoms with E-state index in [1.54, 1.807) is 29.2 Å². The summed E-state index contributed by atoms with van der Waals surface area (Å²) in [4.78, 5) is 59.5. The van der Waals surface area contributed by atoms with Crippen LogP contribution in [-0.4, -0.2) is 72.8 Å². The first-order valence-electron chi connectivity index (χ1n) is 15.6. The smallest absolute Gasteiger partial charge is 0.287 e. The van der Waals surface area contributed by atoms with Crippen LogP contribution >= 0.6 is 34.8 Å². The van der Waals surface area contributed by atoms with Gasteiger partial charge in [0.15, 0.2) is 16.8 Å². The Morgan fingerprint density at radius 2 is 1.49 bits per heavy atom. The fraction of sp³-hybridized carbons (Fsp3) is 0.314. The molecule has 244 valence electrons. The molecule has 2 fully saturated rings. The van der Waals surface area contributed by atoms with E-state index in [-0.39, 0.29) is 45.0 Å². The molecule has 47 heavy (non-hydrogen) atoms. The van der Waals surface area contributed by atoms with Crippen LogP contribution in [0.25, 0.3) is 11.0 Å². The molecule has 0 radical (unpaired) electrons. The second-order valence-electron chi connectivity index (χ2n) is 11.8. The number of piperazine rings is 1. The van der Waals surface area contributed by atoms with Gasteiger partial charge in [0.2, 0.25) is 5.91 Å². The van der Waals surface area contributed by atoms with E-state index in [0.29, 0.717) is 36.8 Å². The minimum absolute atomic E-state index is 0.0319. The van der Waals surface area contributed by atoms with Crippen LogP contribution in [0, 0.1) is 0 Å². The first kappa shape index (κ1) is 32.9. The third-order valence-electron chi connectivity index (χ3n) is 8.64. The van der Waals surface area contributed by atoms with Crippen molar-refractivity contribution in [1.82, 2.24) is 15.1 Å². The van der Waals surface area contributed by atoms with Crippen molar-refractivity contribution in [3.8, 4) is 0 Å². The molecule has 12 heteroatoms. The number of hydrogen-bond acceptors (Lipinski definition) is 6. The summed E-state index contributed by atoms with van der Waals surface area (Å²) in [5, 5.41) is 3.83. The third-order valence-corrected chi connectivity index (χ3v) is 9.39. The van der Waals surface area contributed by atoms with Gasteiger partial charge in [-0.25, -0.2) is 0 Å². The molecule has 2 aliphatic heterocycles. The summed E-state index contributed by atoms with van der Waals surface area (Å²) >= 11 is 18.4. The monoisotopic (exact) mass is 694 g/mol. The van der Waals surface area contributed by atoms with Crippen molar-refractivity contribution >= 4 is 69.2 Å². The Morgan fingerprint density at radius 3 is 2.21 bits per heavy atom. The summed E-state index contributed by atoms with van der Waals surface area (Å²) in [6.07, 6.45) is 3.35. The van der Waals surface area contributed by atoms with Crippen LogP contribution in [0.5, 0.6) is 0 Å². The summed E-state index contributed by atoms with van der Waals surface area (Å²) in [6, 6.07) is 17.6. The van der Waals surface area contributed by atoms with E-state index in [0.717, 1.165) is 49.7 Å². The number of carbonyl (C=O) groups excluding carboxylic acids is 3. The number of fused-ring (bicyclic) bond motifs is 1. The lowest BCUT2D eigenvalue weighted by molar-refractivity contribution is -0.133. The number of nitrogens with zero attached hydrogens (tertiary/aromatic N) is 3. The van der Waals surface area contributed by atoms with E-state index in [1.165, 1.54) is 12.1 Å². The maximum Gasteiger partial charge on any atom is 0.287 e. The van der Waals surface area contributed by atoms with Gasteiger partial charge >= 0.3 is 0 Å². The number of benzene rings is 3. The number of amides is 3. The van der Waals surface area contributed by atoms with Gasteiger partial charge in [-0.15, -0.1) is 0 Å². The van der Waals surface area contributed by atoms with Gasteiger partial charge < -0.3 is 24.4 Å². The summed E-state index contributed by atoms with van der Waals surface area (Å²) in [6.45, 7) is 3.33. The molecule has 1 N–H and O–H groups in total. The van der Waals surface area contributed by atoms with E-state index >= 15 is 0 Å². The van der Waals surface area contributed by atoms with Crippen molar-refractivity contribution in [2.24, 2.45) is 0 Å². The van der Waals surface area contributed by atoms with Crippen molar-refractivity contribution in [3.05, 3.63) is 109 Å². The molecule has 3 aromatic carbocycles. The second-order valence-corrected chi connectivity index (χ2v) is 13.1. The molecule has 6 rings (SSSR count). The Bertz CT molecular complexity index is 1870. The van der Waals surface area contributed by atoms with Crippen molar-refractivity contribution in [2.45, 2.75) is 31.7 Å². The number of halogens is 3. The number of carbonyl (C=O) groups is 3. The number of anilines is 1. The molecule has 0 spiro atoms. The Morgan fingerprint density at radius 1 is 0.787 bits per heavy atom. The van der Waals surface area contributed by atoms with E-state index in [2.05, 4.69) is 10.2 Å². The van der Waals surface area contributed by atoms with Crippen molar-refractivity contribution < 1.29 is 18.8 Å². The van der Waals surface area contributed by atoms with Crippen LogP contribution < -0.4 is 15.6 Å². The number of nitrogens with one attached hydrogen (secondary N) is 1. The van der Waals surface area contributed by atoms with Gasteiger partial charge in [0.05, 0.1) is 16.0 Å². The number of likely N-dealkylation sites (tertiary alicyclic amines) is 1. The number of piperidine rings is 1. The predicted octanol–water partition coefficient (Wildman–Crippen LogP) is 6.07. The molecule has 2 aliphatic rings. The van der Waals surface area contributed by atoms with E-state index in [9.17, 15) is 19.2 Å².